The first-order valence-electron chi connectivity index (χ1n) is 6.53. The van der Waals surface area contributed by atoms with Gasteiger partial charge in [0.05, 0.1) is 7.11 Å². The number of fused-ring (bicyclic) bond motifs is 1. The van der Waals surface area contributed by atoms with E-state index in [1.54, 1.807) is 7.11 Å². The Morgan fingerprint density at radius 2 is 1.72 bits per heavy atom. The Bertz CT molecular complexity index is 542. The van der Waals surface area contributed by atoms with Gasteiger partial charge in [0.25, 0.3) is 0 Å². The number of hydrogen-bond acceptors (Lipinski definition) is 2. The van der Waals surface area contributed by atoms with E-state index >= 15 is 0 Å². The molecule has 1 aliphatic heterocycles. The van der Waals surface area contributed by atoms with Crippen LogP contribution in [-0.2, 0) is 4.74 Å². The Labute approximate surface area is 108 Å². The molecule has 18 heavy (non-hydrogen) atoms. The molecule has 1 heterocycles. The van der Waals surface area contributed by atoms with E-state index in [0.29, 0.717) is 5.92 Å². The lowest BCUT2D eigenvalue weighted by molar-refractivity contribution is 0.0856. The summed E-state index contributed by atoms with van der Waals surface area (Å²) >= 11 is 0. The van der Waals surface area contributed by atoms with E-state index in [1.165, 1.54) is 16.3 Å². The molecule has 3 rings (SSSR count). The number of ether oxygens (including phenoxy) is 2. The second-order valence-corrected chi connectivity index (χ2v) is 4.79. The van der Waals surface area contributed by atoms with Crippen LogP contribution in [0.2, 0.25) is 0 Å². The highest BCUT2D eigenvalue weighted by atomic mass is 16.5. The van der Waals surface area contributed by atoms with Crippen molar-refractivity contribution in [3.8, 4) is 5.75 Å². The molecule has 1 saturated heterocycles. The first-order chi connectivity index (χ1) is 8.90. The molecule has 0 aliphatic carbocycles. The lowest BCUT2D eigenvalue weighted by atomic mass is 9.88. The molecule has 1 fully saturated rings. The lowest BCUT2D eigenvalue weighted by Crippen LogP contribution is -2.14. The van der Waals surface area contributed by atoms with Crippen molar-refractivity contribution in [3.05, 3.63) is 42.0 Å². The highest BCUT2D eigenvalue weighted by molar-refractivity contribution is 5.91. The molecule has 2 aromatic rings. The molecule has 0 saturated carbocycles. The van der Waals surface area contributed by atoms with Crippen LogP contribution in [-0.4, -0.2) is 20.3 Å². The molecule has 0 atom stereocenters. The van der Waals surface area contributed by atoms with E-state index in [9.17, 15) is 0 Å². The zero-order valence-corrected chi connectivity index (χ0v) is 10.7. The SMILES string of the molecule is COc1ccc(C2CCOCC2)c2ccccc12. The molecule has 0 aromatic heterocycles. The third-order valence-electron chi connectivity index (χ3n) is 3.80. The molecule has 2 nitrogen and oxygen atoms in total. The fourth-order valence-corrected chi connectivity index (χ4v) is 2.84. The number of rotatable bonds is 2. The van der Waals surface area contributed by atoms with Crippen molar-refractivity contribution < 1.29 is 9.47 Å². The monoisotopic (exact) mass is 242 g/mol. The van der Waals surface area contributed by atoms with Crippen LogP contribution < -0.4 is 4.74 Å². The summed E-state index contributed by atoms with van der Waals surface area (Å²) in [5.41, 5.74) is 1.44. The van der Waals surface area contributed by atoms with Gasteiger partial charge in [-0.05, 0) is 35.8 Å². The van der Waals surface area contributed by atoms with Crippen molar-refractivity contribution >= 4 is 10.8 Å². The maximum Gasteiger partial charge on any atom is 0.126 e. The van der Waals surface area contributed by atoms with Crippen molar-refractivity contribution in [1.29, 1.82) is 0 Å². The summed E-state index contributed by atoms with van der Waals surface area (Å²) in [5.74, 6) is 1.58. The summed E-state index contributed by atoms with van der Waals surface area (Å²) in [5, 5.41) is 2.53. The van der Waals surface area contributed by atoms with E-state index in [1.807, 2.05) is 0 Å². The van der Waals surface area contributed by atoms with Gasteiger partial charge in [0, 0.05) is 18.6 Å². The van der Waals surface area contributed by atoms with Gasteiger partial charge in [0.15, 0.2) is 0 Å². The molecule has 0 radical (unpaired) electrons. The van der Waals surface area contributed by atoms with E-state index in [-0.39, 0.29) is 0 Å². The van der Waals surface area contributed by atoms with Crippen molar-refractivity contribution in [2.75, 3.05) is 20.3 Å². The normalized spacial score (nSPS) is 16.9. The first-order valence-corrected chi connectivity index (χ1v) is 6.53. The van der Waals surface area contributed by atoms with Gasteiger partial charge in [-0.15, -0.1) is 0 Å². The number of methoxy groups -OCH3 is 1. The molecule has 0 unspecified atom stereocenters. The minimum absolute atomic E-state index is 0.620. The van der Waals surface area contributed by atoms with Crippen molar-refractivity contribution in [3.63, 3.8) is 0 Å². The fraction of sp³-hybridized carbons (Fsp3) is 0.375. The highest BCUT2D eigenvalue weighted by Gasteiger charge is 2.18. The molecule has 2 heteroatoms. The minimum Gasteiger partial charge on any atom is -0.496 e. The summed E-state index contributed by atoms with van der Waals surface area (Å²) < 4.78 is 10.9. The fourth-order valence-electron chi connectivity index (χ4n) is 2.84. The van der Waals surface area contributed by atoms with E-state index in [0.717, 1.165) is 31.8 Å². The molecule has 0 bridgehead atoms. The Morgan fingerprint density at radius 3 is 2.44 bits per heavy atom. The first kappa shape index (κ1) is 11.5. The van der Waals surface area contributed by atoms with Crippen LogP contribution in [0.3, 0.4) is 0 Å². The molecule has 2 aromatic carbocycles. The van der Waals surface area contributed by atoms with Crippen LogP contribution in [0.15, 0.2) is 36.4 Å². The van der Waals surface area contributed by atoms with Gasteiger partial charge in [0.2, 0.25) is 0 Å². The number of hydrogen-bond donors (Lipinski definition) is 0. The summed E-state index contributed by atoms with van der Waals surface area (Å²) in [6.45, 7) is 1.76. The molecular weight excluding hydrogens is 224 g/mol. The predicted molar refractivity (Wildman–Crippen MR) is 73.3 cm³/mol. The topological polar surface area (TPSA) is 18.5 Å². The largest absolute Gasteiger partial charge is 0.496 e. The molecule has 0 spiro atoms. The van der Waals surface area contributed by atoms with Crippen molar-refractivity contribution in [2.24, 2.45) is 0 Å². The van der Waals surface area contributed by atoms with Crippen molar-refractivity contribution in [1.82, 2.24) is 0 Å². The third-order valence-corrected chi connectivity index (χ3v) is 3.80. The zero-order chi connectivity index (χ0) is 12.4. The van der Waals surface area contributed by atoms with Crippen LogP contribution in [0.25, 0.3) is 10.8 Å². The molecule has 0 N–H and O–H groups in total. The standard InChI is InChI=1S/C16H18O2/c1-17-16-7-6-13(12-8-10-18-11-9-12)14-4-2-3-5-15(14)16/h2-7,12H,8-11H2,1H3. The van der Waals surface area contributed by atoms with Crippen LogP contribution in [0.5, 0.6) is 5.75 Å². The second kappa shape index (κ2) is 4.99. The quantitative estimate of drug-likeness (QED) is 0.798. The van der Waals surface area contributed by atoms with Gasteiger partial charge >= 0.3 is 0 Å². The van der Waals surface area contributed by atoms with Crippen LogP contribution >= 0.6 is 0 Å². The Morgan fingerprint density at radius 1 is 1.00 bits per heavy atom. The maximum atomic E-state index is 5.45. The summed E-state index contributed by atoms with van der Waals surface area (Å²) in [4.78, 5) is 0. The van der Waals surface area contributed by atoms with Gasteiger partial charge < -0.3 is 9.47 Å². The minimum atomic E-state index is 0.620. The van der Waals surface area contributed by atoms with E-state index < -0.39 is 0 Å². The van der Waals surface area contributed by atoms with Gasteiger partial charge in [-0.2, -0.15) is 0 Å². The molecule has 94 valence electrons. The maximum absolute atomic E-state index is 5.45. The Balaban J connectivity index is 2.12. The molecule has 1 aliphatic rings. The second-order valence-electron chi connectivity index (χ2n) is 4.79. The molecule has 0 amide bonds. The van der Waals surface area contributed by atoms with Crippen LogP contribution in [0, 0.1) is 0 Å². The summed E-state index contributed by atoms with van der Waals surface area (Å²) in [6.07, 6.45) is 2.24. The average Bonchev–Trinajstić information content (AvgIpc) is 2.47. The van der Waals surface area contributed by atoms with Gasteiger partial charge in [-0.25, -0.2) is 0 Å². The summed E-state index contributed by atoms with van der Waals surface area (Å²) in [6, 6.07) is 12.8. The van der Waals surface area contributed by atoms with E-state index in [4.69, 9.17) is 9.47 Å². The smallest absolute Gasteiger partial charge is 0.126 e. The highest BCUT2D eigenvalue weighted by Crippen LogP contribution is 2.36. The Hall–Kier alpha value is -1.54. The third kappa shape index (κ3) is 1.97. The van der Waals surface area contributed by atoms with Crippen molar-refractivity contribution in [2.45, 2.75) is 18.8 Å². The van der Waals surface area contributed by atoms with Gasteiger partial charge in [-0.1, -0.05) is 30.3 Å². The van der Waals surface area contributed by atoms with Gasteiger partial charge in [0.1, 0.15) is 5.75 Å². The number of benzene rings is 2. The average molecular weight is 242 g/mol. The Kier molecular flexibility index (Phi) is 3.20. The lowest BCUT2D eigenvalue weighted by Gasteiger charge is -2.24. The van der Waals surface area contributed by atoms with Crippen LogP contribution in [0.4, 0.5) is 0 Å². The van der Waals surface area contributed by atoms with Gasteiger partial charge in [-0.3, -0.25) is 0 Å². The van der Waals surface area contributed by atoms with E-state index in [2.05, 4.69) is 36.4 Å². The van der Waals surface area contributed by atoms with Crippen LogP contribution in [0.1, 0.15) is 24.3 Å². The molecular formula is C16H18O2. The predicted octanol–water partition coefficient (Wildman–Crippen LogP) is 3.74. The zero-order valence-electron chi connectivity index (χ0n) is 10.7. The summed E-state index contributed by atoms with van der Waals surface area (Å²) in [7, 11) is 1.73.